The molecule has 4 nitrogen and oxygen atoms in total. The van der Waals surface area contributed by atoms with E-state index >= 15 is 0 Å². The van der Waals surface area contributed by atoms with E-state index in [0.717, 1.165) is 24.5 Å². The Bertz CT molecular complexity index is 794. The molecule has 1 atom stereocenters. The summed E-state index contributed by atoms with van der Waals surface area (Å²) in [7, 11) is -3.42. The van der Waals surface area contributed by atoms with Crippen molar-refractivity contribution in [2.24, 2.45) is 0 Å². The van der Waals surface area contributed by atoms with Crippen molar-refractivity contribution in [3.8, 4) is 0 Å². The van der Waals surface area contributed by atoms with E-state index in [1.165, 1.54) is 18.2 Å². The zero-order chi connectivity index (χ0) is 17.0. The fraction of sp³-hybridized carbons (Fsp3) is 0.250. The molecule has 23 heavy (non-hydrogen) atoms. The van der Waals surface area contributed by atoms with Crippen LogP contribution in [-0.4, -0.2) is 32.9 Å². The van der Waals surface area contributed by atoms with Crippen molar-refractivity contribution in [3.05, 3.63) is 65.2 Å². The van der Waals surface area contributed by atoms with Gasteiger partial charge in [-0.2, -0.15) is 0 Å². The number of aliphatic hydroxyl groups excluding tert-OH is 1. The Balaban J connectivity index is 2.53. The molecule has 124 valence electrons. The summed E-state index contributed by atoms with van der Waals surface area (Å²) in [4.78, 5) is 0.0857. The third-order valence-electron chi connectivity index (χ3n) is 3.35. The van der Waals surface area contributed by atoms with Gasteiger partial charge in [0.2, 0.25) is 0 Å². The van der Waals surface area contributed by atoms with Crippen molar-refractivity contribution in [1.29, 1.82) is 0 Å². The molecule has 1 unspecified atom stereocenters. The van der Waals surface area contributed by atoms with Gasteiger partial charge in [-0.25, -0.2) is 17.2 Å². The van der Waals surface area contributed by atoms with E-state index in [0.29, 0.717) is 5.56 Å². The number of hydrogen-bond donors (Lipinski definition) is 2. The van der Waals surface area contributed by atoms with Crippen LogP contribution in [0, 0.1) is 11.6 Å². The zero-order valence-electron chi connectivity index (χ0n) is 12.5. The highest BCUT2D eigenvalue weighted by Crippen LogP contribution is 2.27. The van der Waals surface area contributed by atoms with E-state index < -0.39 is 27.5 Å². The summed E-state index contributed by atoms with van der Waals surface area (Å²) in [6.07, 6.45) is 1.07. The minimum atomic E-state index is -3.42. The highest BCUT2D eigenvalue weighted by molar-refractivity contribution is 7.90. The predicted octanol–water partition coefficient (Wildman–Crippen LogP) is 2.04. The third-order valence-corrected chi connectivity index (χ3v) is 4.46. The number of benzene rings is 2. The summed E-state index contributed by atoms with van der Waals surface area (Å²) in [5.74, 6) is -1.22. The number of nitrogens with one attached hydrogen (secondary N) is 1. The number of halogens is 2. The molecule has 0 radical (unpaired) electrons. The second-order valence-corrected chi connectivity index (χ2v) is 7.14. The van der Waals surface area contributed by atoms with Gasteiger partial charge in [-0.15, -0.1) is 0 Å². The average molecular weight is 341 g/mol. The van der Waals surface area contributed by atoms with Crippen LogP contribution in [0.1, 0.15) is 17.2 Å². The lowest BCUT2D eigenvalue weighted by Crippen LogP contribution is -2.26. The normalized spacial score (nSPS) is 13.0. The number of rotatable bonds is 6. The molecule has 0 heterocycles. The van der Waals surface area contributed by atoms with Crippen LogP contribution < -0.4 is 5.32 Å². The molecule has 0 aliphatic rings. The Labute approximate surface area is 133 Å². The van der Waals surface area contributed by atoms with Crippen LogP contribution in [0.5, 0.6) is 0 Å². The molecule has 0 amide bonds. The van der Waals surface area contributed by atoms with Crippen molar-refractivity contribution in [3.63, 3.8) is 0 Å². The first kappa shape index (κ1) is 17.5. The van der Waals surface area contributed by atoms with Crippen molar-refractivity contribution in [2.75, 3.05) is 19.4 Å². The van der Waals surface area contributed by atoms with Gasteiger partial charge in [0.25, 0.3) is 0 Å². The molecule has 0 bridgehead atoms. The molecule has 0 spiro atoms. The van der Waals surface area contributed by atoms with Crippen LogP contribution in [0.25, 0.3) is 0 Å². The maximum absolute atomic E-state index is 14.1. The van der Waals surface area contributed by atoms with Crippen LogP contribution >= 0.6 is 0 Å². The first-order valence-electron chi connectivity index (χ1n) is 6.92. The molecule has 0 saturated heterocycles. The zero-order valence-corrected chi connectivity index (χ0v) is 13.3. The molecular formula is C16H17F2NO3S. The van der Waals surface area contributed by atoms with Gasteiger partial charge in [0.05, 0.1) is 17.5 Å². The van der Waals surface area contributed by atoms with E-state index in [1.807, 2.05) is 0 Å². The Hall–Kier alpha value is -1.83. The van der Waals surface area contributed by atoms with E-state index in [1.54, 1.807) is 6.07 Å². The van der Waals surface area contributed by atoms with Crippen molar-refractivity contribution >= 4 is 9.84 Å². The van der Waals surface area contributed by atoms with Crippen molar-refractivity contribution in [2.45, 2.75) is 10.9 Å². The van der Waals surface area contributed by atoms with E-state index in [-0.39, 0.29) is 23.6 Å². The molecule has 2 aromatic rings. The van der Waals surface area contributed by atoms with Crippen LogP contribution in [0.3, 0.4) is 0 Å². The molecule has 2 aromatic carbocycles. The van der Waals surface area contributed by atoms with Crippen LogP contribution in [0.15, 0.2) is 47.4 Å². The maximum atomic E-state index is 14.1. The van der Waals surface area contributed by atoms with Gasteiger partial charge < -0.3 is 10.4 Å². The molecule has 2 N–H and O–H groups in total. The first-order chi connectivity index (χ1) is 10.8. The fourth-order valence-corrected chi connectivity index (χ4v) is 2.95. The largest absolute Gasteiger partial charge is 0.395 e. The topological polar surface area (TPSA) is 66.4 Å². The maximum Gasteiger partial charge on any atom is 0.175 e. The highest BCUT2D eigenvalue weighted by Gasteiger charge is 2.20. The Morgan fingerprint density at radius 1 is 1.17 bits per heavy atom. The third kappa shape index (κ3) is 4.34. The molecule has 0 aliphatic carbocycles. The molecule has 0 fully saturated rings. The molecular weight excluding hydrogens is 324 g/mol. The number of sulfone groups is 1. The average Bonchev–Trinajstić information content (AvgIpc) is 2.50. The second kappa shape index (κ2) is 7.16. The Morgan fingerprint density at radius 2 is 1.91 bits per heavy atom. The first-order valence-corrected chi connectivity index (χ1v) is 8.81. The molecule has 7 heteroatoms. The van der Waals surface area contributed by atoms with Crippen LogP contribution in [-0.2, 0) is 9.84 Å². The van der Waals surface area contributed by atoms with Crippen LogP contribution in [0.4, 0.5) is 8.78 Å². The van der Waals surface area contributed by atoms with Crippen molar-refractivity contribution < 1.29 is 22.3 Å². The minimum absolute atomic E-state index is 0.0455. The minimum Gasteiger partial charge on any atom is -0.395 e. The molecule has 0 saturated carbocycles. The standard InChI is InChI=1S/C16H17F2NO3S/c1-23(21,22)13-4-2-3-11(9-13)16(19-7-8-20)14-10-12(17)5-6-15(14)18/h2-6,9-10,16,19-20H,7-8H2,1H3. The molecule has 0 aliphatic heterocycles. The summed E-state index contributed by atoms with van der Waals surface area (Å²) in [6.45, 7) is -0.0527. The summed E-state index contributed by atoms with van der Waals surface area (Å²) >= 11 is 0. The SMILES string of the molecule is CS(=O)(=O)c1cccc(C(NCCO)c2cc(F)ccc2F)c1. The quantitative estimate of drug-likeness (QED) is 0.844. The summed E-state index contributed by atoms with van der Waals surface area (Å²) in [6, 6.07) is 8.30. The summed E-state index contributed by atoms with van der Waals surface area (Å²) in [5, 5.41) is 11.9. The lowest BCUT2D eigenvalue weighted by Gasteiger charge is -2.20. The van der Waals surface area contributed by atoms with Gasteiger partial charge in [-0.05, 0) is 35.9 Å². The van der Waals surface area contributed by atoms with Crippen LogP contribution in [0.2, 0.25) is 0 Å². The number of aliphatic hydroxyl groups is 1. The summed E-state index contributed by atoms with van der Waals surface area (Å²) < 4.78 is 50.9. The smallest absolute Gasteiger partial charge is 0.175 e. The van der Waals surface area contributed by atoms with E-state index in [9.17, 15) is 17.2 Å². The lowest BCUT2D eigenvalue weighted by molar-refractivity contribution is 0.287. The van der Waals surface area contributed by atoms with E-state index in [4.69, 9.17) is 5.11 Å². The Morgan fingerprint density at radius 3 is 2.57 bits per heavy atom. The highest BCUT2D eigenvalue weighted by atomic mass is 32.2. The number of hydrogen-bond acceptors (Lipinski definition) is 4. The predicted molar refractivity (Wildman–Crippen MR) is 82.8 cm³/mol. The van der Waals surface area contributed by atoms with Crippen molar-refractivity contribution in [1.82, 2.24) is 5.32 Å². The lowest BCUT2D eigenvalue weighted by atomic mass is 9.98. The van der Waals surface area contributed by atoms with Gasteiger partial charge in [0.15, 0.2) is 9.84 Å². The van der Waals surface area contributed by atoms with Gasteiger partial charge in [0, 0.05) is 18.4 Å². The van der Waals surface area contributed by atoms with Gasteiger partial charge in [0.1, 0.15) is 11.6 Å². The Kier molecular flexibility index (Phi) is 5.46. The van der Waals surface area contributed by atoms with Gasteiger partial charge in [-0.3, -0.25) is 0 Å². The fourth-order valence-electron chi connectivity index (χ4n) is 2.28. The monoisotopic (exact) mass is 341 g/mol. The molecule has 2 rings (SSSR count). The molecule has 0 aromatic heterocycles. The van der Waals surface area contributed by atoms with E-state index in [2.05, 4.69) is 5.32 Å². The summed E-state index contributed by atoms with van der Waals surface area (Å²) in [5.41, 5.74) is 0.509. The van der Waals surface area contributed by atoms with Gasteiger partial charge in [-0.1, -0.05) is 12.1 Å². The van der Waals surface area contributed by atoms with Gasteiger partial charge >= 0.3 is 0 Å². The second-order valence-electron chi connectivity index (χ2n) is 5.12.